The number of para-hydroxylation sites is 2. The van der Waals surface area contributed by atoms with E-state index in [1.165, 1.54) is 33.0 Å². The van der Waals surface area contributed by atoms with Gasteiger partial charge in [0.15, 0.2) is 0 Å². The Balaban J connectivity index is 1.22. The normalized spacial score (nSPS) is 11.6. The predicted molar refractivity (Wildman–Crippen MR) is 232 cm³/mol. The van der Waals surface area contributed by atoms with Crippen LogP contribution in [-0.2, 0) is 0 Å². The monoisotopic (exact) mass is 714 g/mol. The van der Waals surface area contributed by atoms with Crippen LogP contribution in [0.15, 0.2) is 206 Å². The molecule has 11 aromatic rings. The maximum absolute atomic E-state index is 5.43. The highest BCUT2D eigenvalue weighted by Gasteiger charge is 2.23. The molecular formula is C52H34N4. The summed E-state index contributed by atoms with van der Waals surface area (Å²) in [6.45, 7) is 0. The van der Waals surface area contributed by atoms with Crippen molar-refractivity contribution in [2.45, 2.75) is 0 Å². The van der Waals surface area contributed by atoms with Crippen LogP contribution in [0.1, 0.15) is 0 Å². The Labute approximate surface area is 324 Å². The van der Waals surface area contributed by atoms with Crippen molar-refractivity contribution in [1.82, 2.24) is 19.1 Å². The molecule has 0 atom stereocenters. The van der Waals surface area contributed by atoms with Crippen LogP contribution in [-0.4, -0.2) is 19.1 Å². The van der Waals surface area contributed by atoms with E-state index in [1.54, 1.807) is 0 Å². The number of benzene rings is 8. The molecule has 0 N–H and O–H groups in total. The van der Waals surface area contributed by atoms with Crippen molar-refractivity contribution < 1.29 is 0 Å². The maximum atomic E-state index is 5.43. The van der Waals surface area contributed by atoms with Crippen LogP contribution in [0.2, 0.25) is 0 Å². The van der Waals surface area contributed by atoms with E-state index in [4.69, 9.17) is 9.97 Å². The summed E-state index contributed by atoms with van der Waals surface area (Å²) in [5.74, 6) is 0.627. The lowest BCUT2D eigenvalue weighted by molar-refractivity contribution is 0.995. The van der Waals surface area contributed by atoms with Gasteiger partial charge >= 0.3 is 0 Å². The highest BCUT2D eigenvalue weighted by atomic mass is 15.2. The van der Waals surface area contributed by atoms with E-state index in [1.807, 2.05) is 6.07 Å². The quantitative estimate of drug-likeness (QED) is 0.172. The van der Waals surface area contributed by atoms with Crippen LogP contribution in [0, 0.1) is 0 Å². The summed E-state index contributed by atoms with van der Waals surface area (Å²) in [6, 6.07) is 73.1. The summed E-state index contributed by atoms with van der Waals surface area (Å²) in [4.78, 5) is 10.8. The lowest BCUT2D eigenvalue weighted by atomic mass is 10.0. The Morgan fingerprint density at radius 3 is 1.32 bits per heavy atom. The van der Waals surface area contributed by atoms with Gasteiger partial charge in [-0.25, -0.2) is 9.97 Å². The van der Waals surface area contributed by atoms with Crippen LogP contribution >= 0.6 is 0 Å². The van der Waals surface area contributed by atoms with E-state index < -0.39 is 0 Å². The van der Waals surface area contributed by atoms with Crippen molar-refractivity contribution >= 4 is 43.6 Å². The predicted octanol–water partition coefficient (Wildman–Crippen LogP) is 13.3. The van der Waals surface area contributed by atoms with Crippen molar-refractivity contribution in [1.29, 1.82) is 0 Å². The van der Waals surface area contributed by atoms with Crippen molar-refractivity contribution in [3.8, 4) is 56.4 Å². The lowest BCUT2D eigenvalue weighted by Gasteiger charge is -2.14. The van der Waals surface area contributed by atoms with Gasteiger partial charge in [0.1, 0.15) is 0 Å². The average molecular weight is 715 g/mol. The van der Waals surface area contributed by atoms with Gasteiger partial charge in [0.2, 0.25) is 5.95 Å². The zero-order chi connectivity index (χ0) is 37.0. The van der Waals surface area contributed by atoms with E-state index in [0.29, 0.717) is 5.95 Å². The van der Waals surface area contributed by atoms with Gasteiger partial charge in [0.05, 0.1) is 33.5 Å². The standard InChI is InChI=1S/C52H34N4/c1-4-15-35(16-5-1)37-27-29-39(30-28-37)47-34-46(38-19-8-3-9-20-38)53-52(54-47)56-49-26-13-11-24-43(49)45-32-31-44-42-23-10-12-25-48(42)55(50(44)51(45)56)41-22-14-21-40(33-41)36-17-6-2-7-18-36/h1-34H. The lowest BCUT2D eigenvalue weighted by Crippen LogP contribution is -2.05. The van der Waals surface area contributed by atoms with Crippen LogP contribution in [0.3, 0.4) is 0 Å². The molecule has 0 aliphatic heterocycles. The number of hydrogen-bond donors (Lipinski definition) is 0. The number of hydrogen-bond acceptors (Lipinski definition) is 2. The number of nitrogens with zero attached hydrogens (tertiary/aromatic N) is 4. The molecule has 0 aliphatic rings. The molecule has 0 radical (unpaired) electrons. The zero-order valence-electron chi connectivity index (χ0n) is 30.4. The first-order valence-corrected chi connectivity index (χ1v) is 19.0. The van der Waals surface area contributed by atoms with Crippen LogP contribution in [0.5, 0.6) is 0 Å². The summed E-state index contributed by atoms with van der Waals surface area (Å²) in [5.41, 5.74) is 14.0. The molecule has 0 fully saturated rings. The number of rotatable bonds is 6. The Morgan fingerprint density at radius 1 is 0.286 bits per heavy atom. The second-order valence-corrected chi connectivity index (χ2v) is 14.2. The van der Waals surface area contributed by atoms with E-state index in [2.05, 4.69) is 209 Å². The summed E-state index contributed by atoms with van der Waals surface area (Å²) in [5, 5.41) is 4.68. The molecule has 0 unspecified atom stereocenters. The van der Waals surface area contributed by atoms with E-state index in [9.17, 15) is 0 Å². The minimum absolute atomic E-state index is 0.627. The molecule has 0 aliphatic carbocycles. The molecular weight excluding hydrogens is 681 g/mol. The molecule has 56 heavy (non-hydrogen) atoms. The van der Waals surface area contributed by atoms with Gasteiger partial charge in [-0.3, -0.25) is 4.57 Å². The van der Waals surface area contributed by atoms with Crippen LogP contribution in [0.25, 0.3) is 100 Å². The van der Waals surface area contributed by atoms with Gasteiger partial charge in [-0.2, -0.15) is 0 Å². The summed E-state index contributed by atoms with van der Waals surface area (Å²) < 4.78 is 4.72. The maximum Gasteiger partial charge on any atom is 0.235 e. The SMILES string of the molecule is c1ccc(-c2ccc(-c3cc(-c4ccccc4)nc(-n4c5ccccc5c5ccc6c7ccccc7n(-c7cccc(-c8ccccc8)c7)c6c54)n3)cc2)cc1. The molecule has 8 aromatic carbocycles. The first kappa shape index (κ1) is 31.9. The molecule has 3 heterocycles. The van der Waals surface area contributed by atoms with E-state index >= 15 is 0 Å². The number of aromatic nitrogens is 4. The minimum Gasteiger partial charge on any atom is -0.307 e. The first-order chi connectivity index (χ1) is 27.8. The summed E-state index contributed by atoms with van der Waals surface area (Å²) >= 11 is 0. The fourth-order valence-electron chi connectivity index (χ4n) is 8.34. The second kappa shape index (κ2) is 13.1. The summed E-state index contributed by atoms with van der Waals surface area (Å²) in [6.07, 6.45) is 0. The van der Waals surface area contributed by atoms with Crippen LogP contribution < -0.4 is 0 Å². The molecule has 0 saturated heterocycles. The van der Waals surface area contributed by atoms with Gasteiger partial charge in [0, 0.05) is 38.4 Å². The third-order valence-electron chi connectivity index (χ3n) is 11.0. The fourth-order valence-corrected chi connectivity index (χ4v) is 8.34. The molecule has 0 spiro atoms. The number of fused-ring (bicyclic) bond motifs is 7. The van der Waals surface area contributed by atoms with Gasteiger partial charge in [-0.05, 0) is 52.6 Å². The van der Waals surface area contributed by atoms with Gasteiger partial charge in [-0.1, -0.05) is 176 Å². The van der Waals surface area contributed by atoms with Gasteiger partial charge < -0.3 is 4.57 Å². The Morgan fingerprint density at radius 2 is 0.714 bits per heavy atom. The van der Waals surface area contributed by atoms with Crippen molar-refractivity contribution in [3.63, 3.8) is 0 Å². The summed E-state index contributed by atoms with van der Waals surface area (Å²) in [7, 11) is 0. The smallest absolute Gasteiger partial charge is 0.235 e. The fraction of sp³-hybridized carbons (Fsp3) is 0. The highest BCUT2D eigenvalue weighted by Crippen LogP contribution is 2.42. The van der Waals surface area contributed by atoms with Crippen LogP contribution in [0.4, 0.5) is 0 Å². The second-order valence-electron chi connectivity index (χ2n) is 14.2. The minimum atomic E-state index is 0.627. The first-order valence-electron chi connectivity index (χ1n) is 19.0. The molecule has 0 saturated carbocycles. The molecule has 3 aromatic heterocycles. The molecule has 4 nitrogen and oxygen atoms in total. The average Bonchev–Trinajstić information content (AvgIpc) is 3.80. The van der Waals surface area contributed by atoms with E-state index in [0.717, 1.165) is 61.0 Å². The Hall–Kier alpha value is -7.56. The third-order valence-corrected chi connectivity index (χ3v) is 11.0. The topological polar surface area (TPSA) is 35.6 Å². The van der Waals surface area contributed by atoms with Crippen molar-refractivity contribution in [2.75, 3.05) is 0 Å². The van der Waals surface area contributed by atoms with E-state index in [-0.39, 0.29) is 0 Å². The van der Waals surface area contributed by atoms with Gasteiger partial charge in [-0.15, -0.1) is 0 Å². The Kier molecular flexibility index (Phi) is 7.46. The molecule has 0 bridgehead atoms. The van der Waals surface area contributed by atoms with Crippen molar-refractivity contribution in [2.24, 2.45) is 0 Å². The molecule has 4 heteroatoms. The Bertz CT molecular complexity index is 3220. The van der Waals surface area contributed by atoms with Gasteiger partial charge in [0.25, 0.3) is 0 Å². The molecule has 0 amide bonds. The highest BCUT2D eigenvalue weighted by molar-refractivity contribution is 6.23. The molecule has 262 valence electrons. The third kappa shape index (κ3) is 5.23. The molecule has 11 rings (SSSR count). The zero-order valence-corrected chi connectivity index (χ0v) is 30.4. The van der Waals surface area contributed by atoms with Crippen molar-refractivity contribution in [3.05, 3.63) is 206 Å². The largest absolute Gasteiger partial charge is 0.307 e.